The second-order valence-corrected chi connectivity index (χ2v) is 6.63. The van der Waals surface area contributed by atoms with Gasteiger partial charge in [-0.3, -0.25) is 0 Å². The Labute approximate surface area is 114 Å². The molecule has 1 unspecified atom stereocenters. The molecule has 0 spiro atoms. The second-order valence-electron chi connectivity index (χ2n) is 6.63. The Morgan fingerprint density at radius 2 is 1.83 bits per heavy atom. The molecular weight excluding hydrogens is 220 g/mol. The topological polar surface area (TPSA) is 15.3 Å². The first-order valence-corrected chi connectivity index (χ1v) is 8.25. The zero-order valence-electron chi connectivity index (χ0n) is 12.5. The van der Waals surface area contributed by atoms with Crippen LogP contribution in [-0.2, 0) is 0 Å². The highest BCUT2D eigenvalue weighted by atomic mass is 15.2. The van der Waals surface area contributed by atoms with Crippen LogP contribution in [0.5, 0.6) is 0 Å². The average Bonchev–Trinajstić information content (AvgIpc) is 3.04. The number of nitrogens with one attached hydrogen (secondary N) is 1. The number of rotatable bonds is 9. The average molecular weight is 252 g/mol. The van der Waals surface area contributed by atoms with E-state index in [2.05, 4.69) is 24.1 Å². The molecule has 0 radical (unpaired) electrons. The molecule has 0 aromatic rings. The summed E-state index contributed by atoms with van der Waals surface area (Å²) in [5, 5.41) is 3.60. The van der Waals surface area contributed by atoms with Gasteiger partial charge >= 0.3 is 0 Å². The van der Waals surface area contributed by atoms with Crippen LogP contribution >= 0.6 is 0 Å². The highest BCUT2D eigenvalue weighted by Gasteiger charge is 2.26. The Balaban J connectivity index is 1.44. The van der Waals surface area contributed by atoms with Gasteiger partial charge in [-0.05, 0) is 64.1 Å². The zero-order valence-corrected chi connectivity index (χ0v) is 12.5. The predicted molar refractivity (Wildman–Crippen MR) is 78.9 cm³/mol. The van der Waals surface area contributed by atoms with Gasteiger partial charge in [0.25, 0.3) is 0 Å². The first-order valence-electron chi connectivity index (χ1n) is 8.25. The minimum Gasteiger partial charge on any atom is -0.314 e. The van der Waals surface area contributed by atoms with Crippen LogP contribution in [0.4, 0.5) is 0 Å². The molecule has 1 heterocycles. The van der Waals surface area contributed by atoms with Crippen LogP contribution in [0.15, 0.2) is 0 Å². The lowest BCUT2D eigenvalue weighted by Gasteiger charge is -2.27. The van der Waals surface area contributed by atoms with E-state index >= 15 is 0 Å². The Morgan fingerprint density at radius 3 is 2.56 bits per heavy atom. The summed E-state index contributed by atoms with van der Waals surface area (Å²) in [6, 6.07) is 1.77. The lowest BCUT2D eigenvalue weighted by atomic mass is 10.0. The molecule has 1 N–H and O–H groups in total. The van der Waals surface area contributed by atoms with Crippen molar-refractivity contribution in [1.82, 2.24) is 10.2 Å². The SMILES string of the molecule is CC(C)C1CCCN1CCCCCCNC1CC1. The molecule has 2 rings (SSSR count). The Hall–Kier alpha value is -0.0800. The van der Waals surface area contributed by atoms with Gasteiger partial charge in [0.15, 0.2) is 0 Å². The van der Waals surface area contributed by atoms with Gasteiger partial charge in [-0.25, -0.2) is 0 Å². The van der Waals surface area contributed by atoms with Gasteiger partial charge in [-0.15, -0.1) is 0 Å². The molecule has 0 aromatic carbocycles. The van der Waals surface area contributed by atoms with Gasteiger partial charge in [0.05, 0.1) is 0 Å². The smallest absolute Gasteiger partial charge is 0.0119 e. The van der Waals surface area contributed by atoms with E-state index in [1.165, 1.54) is 71.0 Å². The van der Waals surface area contributed by atoms with Crippen molar-refractivity contribution in [3.63, 3.8) is 0 Å². The number of likely N-dealkylation sites (tertiary alicyclic amines) is 1. The van der Waals surface area contributed by atoms with Crippen LogP contribution in [0.25, 0.3) is 0 Å². The fraction of sp³-hybridized carbons (Fsp3) is 1.00. The highest BCUT2D eigenvalue weighted by molar-refractivity contribution is 4.81. The van der Waals surface area contributed by atoms with Crippen molar-refractivity contribution in [3.05, 3.63) is 0 Å². The standard InChI is InChI=1S/C16H32N2/c1-14(2)16-8-7-13-18(16)12-6-4-3-5-11-17-15-9-10-15/h14-17H,3-13H2,1-2H3. The van der Waals surface area contributed by atoms with Crippen molar-refractivity contribution < 1.29 is 0 Å². The minimum absolute atomic E-state index is 0.843. The summed E-state index contributed by atoms with van der Waals surface area (Å²) in [5.41, 5.74) is 0. The van der Waals surface area contributed by atoms with Gasteiger partial charge in [-0.2, -0.15) is 0 Å². The number of nitrogens with zero attached hydrogens (tertiary/aromatic N) is 1. The lowest BCUT2D eigenvalue weighted by molar-refractivity contribution is 0.202. The monoisotopic (exact) mass is 252 g/mol. The van der Waals surface area contributed by atoms with Crippen LogP contribution in [0.3, 0.4) is 0 Å². The summed E-state index contributed by atoms with van der Waals surface area (Å²) in [6.45, 7) is 8.72. The van der Waals surface area contributed by atoms with Crippen molar-refractivity contribution in [2.24, 2.45) is 5.92 Å². The Bertz CT molecular complexity index is 223. The fourth-order valence-corrected chi connectivity index (χ4v) is 3.27. The van der Waals surface area contributed by atoms with E-state index in [0.717, 1.165) is 18.0 Å². The van der Waals surface area contributed by atoms with Gasteiger partial charge in [0, 0.05) is 12.1 Å². The van der Waals surface area contributed by atoms with Crippen LogP contribution in [0.1, 0.15) is 65.2 Å². The van der Waals surface area contributed by atoms with Gasteiger partial charge in [-0.1, -0.05) is 26.7 Å². The molecule has 18 heavy (non-hydrogen) atoms. The molecule has 2 aliphatic rings. The molecule has 1 atom stereocenters. The molecule has 0 amide bonds. The van der Waals surface area contributed by atoms with Crippen LogP contribution in [-0.4, -0.2) is 36.6 Å². The second kappa shape index (κ2) is 7.49. The molecule has 1 aliphatic carbocycles. The summed E-state index contributed by atoms with van der Waals surface area (Å²) in [6.07, 6.45) is 11.3. The molecule has 1 saturated carbocycles. The third-order valence-corrected chi connectivity index (χ3v) is 4.57. The maximum Gasteiger partial charge on any atom is 0.0119 e. The molecule has 1 aliphatic heterocycles. The summed E-state index contributed by atoms with van der Waals surface area (Å²) in [7, 11) is 0. The highest BCUT2D eigenvalue weighted by Crippen LogP contribution is 2.24. The number of hydrogen-bond donors (Lipinski definition) is 1. The van der Waals surface area contributed by atoms with Crippen molar-refractivity contribution >= 4 is 0 Å². The Kier molecular flexibility index (Phi) is 5.97. The van der Waals surface area contributed by atoms with Gasteiger partial charge in [0.1, 0.15) is 0 Å². The molecule has 0 bridgehead atoms. The molecule has 2 fully saturated rings. The van der Waals surface area contributed by atoms with Crippen molar-refractivity contribution in [2.45, 2.75) is 77.3 Å². The quantitative estimate of drug-likeness (QED) is 0.633. The van der Waals surface area contributed by atoms with E-state index in [-0.39, 0.29) is 0 Å². The van der Waals surface area contributed by atoms with Crippen molar-refractivity contribution in [3.8, 4) is 0 Å². The van der Waals surface area contributed by atoms with E-state index < -0.39 is 0 Å². The third-order valence-electron chi connectivity index (χ3n) is 4.57. The van der Waals surface area contributed by atoms with E-state index in [1.807, 2.05) is 0 Å². The first kappa shape index (κ1) is 14.3. The molecule has 106 valence electrons. The summed E-state index contributed by atoms with van der Waals surface area (Å²) < 4.78 is 0. The van der Waals surface area contributed by atoms with Gasteiger partial charge < -0.3 is 10.2 Å². The minimum atomic E-state index is 0.843. The molecule has 1 saturated heterocycles. The fourth-order valence-electron chi connectivity index (χ4n) is 3.27. The summed E-state index contributed by atoms with van der Waals surface area (Å²) >= 11 is 0. The van der Waals surface area contributed by atoms with Crippen LogP contribution in [0, 0.1) is 5.92 Å². The largest absolute Gasteiger partial charge is 0.314 e. The predicted octanol–water partition coefficient (Wildman–Crippen LogP) is 3.42. The number of hydrogen-bond acceptors (Lipinski definition) is 2. The molecule has 0 aromatic heterocycles. The van der Waals surface area contributed by atoms with Crippen LogP contribution < -0.4 is 5.32 Å². The maximum absolute atomic E-state index is 3.60. The normalized spacial score (nSPS) is 25.2. The maximum atomic E-state index is 3.60. The van der Waals surface area contributed by atoms with E-state index in [4.69, 9.17) is 0 Å². The zero-order chi connectivity index (χ0) is 12.8. The number of unbranched alkanes of at least 4 members (excludes halogenated alkanes) is 3. The van der Waals surface area contributed by atoms with Gasteiger partial charge in [0.2, 0.25) is 0 Å². The Morgan fingerprint density at radius 1 is 1.06 bits per heavy atom. The summed E-state index contributed by atoms with van der Waals surface area (Å²) in [4.78, 5) is 2.74. The molecule has 2 nitrogen and oxygen atoms in total. The molecule has 2 heteroatoms. The first-order chi connectivity index (χ1) is 8.77. The summed E-state index contributed by atoms with van der Waals surface area (Å²) in [5.74, 6) is 0.843. The van der Waals surface area contributed by atoms with E-state index in [1.54, 1.807) is 0 Å². The van der Waals surface area contributed by atoms with E-state index in [0.29, 0.717) is 0 Å². The lowest BCUT2D eigenvalue weighted by Crippen LogP contribution is -2.34. The van der Waals surface area contributed by atoms with Crippen molar-refractivity contribution in [2.75, 3.05) is 19.6 Å². The third kappa shape index (κ3) is 4.89. The van der Waals surface area contributed by atoms with E-state index in [9.17, 15) is 0 Å². The molecular formula is C16H32N2. The van der Waals surface area contributed by atoms with Crippen LogP contribution in [0.2, 0.25) is 0 Å². The van der Waals surface area contributed by atoms with Crippen molar-refractivity contribution in [1.29, 1.82) is 0 Å².